The Hall–Kier alpha value is -2.33. The fraction of sp³-hybridized carbons (Fsp3) is 0.316. The predicted molar refractivity (Wildman–Crippen MR) is 90.7 cm³/mol. The number of ether oxygens (including phenoxy) is 1. The van der Waals surface area contributed by atoms with Gasteiger partial charge in [-0.05, 0) is 36.8 Å². The van der Waals surface area contributed by atoms with Crippen molar-refractivity contribution >= 4 is 5.91 Å². The second-order valence-corrected chi connectivity index (χ2v) is 5.74. The van der Waals surface area contributed by atoms with Gasteiger partial charge in [-0.25, -0.2) is 0 Å². The van der Waals surface area contributed by atoms with E-state index in [9.17, 15) is 4.79 Å². The van der Waals surface area contributed by atoms with Crippen LogP contribution in [0.3, 0.4) is 0 Å². The van der Waals surface area contributed by atoms with Gasteiger partial charge in [-0.2, -0.15) is 0 Å². The van der Waals surface area contributed by atoms with Crippen molar-refractivity contribution in [2.45, 2.75) is 13.0 Å². The van der Waals surface area contributed by atoms with Gasteiger partial charge in [-0.3, -0.25) is 4.79 Å². The van der Waals surface area contributed by atoms with Crippen LogP contribution in [0.2, 0.25) is 0 Å². The van der Waals surface area contributed by atoms with E-state index >= 15 is 0 Å². The third kappa shape index (κ3) is 3.90. The van der Waals surface area contributed by atoms with Crippen molar-refractivity contribution in [1.29, 1.82) is 0 Å². The molecule has 4 nitrogen and oxygen atoms in total. The van der Waals surface area contributed by atoms with Gasteiger partial charge < -0.3 is 15.0 Å². The summed E-state index contributed by atoms with van der Waals surface area (Å²) in [4.78, 5) is 14.3. The van der Waals surface area contributed by atoms with E-state index in [0.717, 1.165) is 37.5 Å². The van der Waals surface area contributed by atoms with Crippen LogP contribution in [0, 0.1) is 0 Å². The Kier molecular flexibility index (Phi) is 4.93. The number of piperazine rings is 1. The third-order valence-electron chi connectivity index (χ3n) is 4.09. The van der Waals surface area contributed by atoms with E-state index in [4.69, 9.17) is 4.74 Å². The monoisotopic (exact) mass is 310 g/mol. The SMILES string of the molecule is CC(Oc1ccc(C(=O)N2CCNCC2)cc1)c1ccccc1. The van der Waals surface area contributed by atoms with Crippen LogP contribution in [-0.4, -0.2) is 37.0 Å². The van der Waals surface area contributed by atoms with Crippen LogP contribution in [0.4, 0.5) is 0 Å². The van der Waals surface area contributed by atoms with E-state index in [1.165, 1.54) is 0 Å². The molecule has 1 saturated heterocycles. The van der Waals surface area contributed by atoms with Crippen LogP contribution in [0.15, 0.2) is 54.6 Å². The molecule has 1 unspecified atom stereocenters. The van der Waals surface area contributed by atoms with E-state index < -0.39 is 0 Å². The maximum Gasteiger partial charge on any atom is 0.253 e. The summed E-state index contributed by atoms with van der Waals surface area (Å²) in [7, 11) is 0. The maximum atomic E-state index is 12.4. The van der Waals surface area contributed by atoms with Gasteiger partial charge in [0.1, 0.15) is 11.9 Å². The lowest BCUT2D eigenvalue weighted by atomic mass is 10.1. The molecule has 1 atom stereocenters. The molecule has 2 aromatic rings. The first-order valence-electron chi connectivity index (χ1n) is 8.06. The molecule has 0 aliphatic carbocycles. The Morgan fingerprint density at radius 3 is 2.35 bits per heavy atom. The first-order valence-corrected chi connectivity index (χ1v) is 8.06. The summed E-state index contributed by atoms with van der Waals surface area (Å²) in [6.07, 6.45) is -0.0223. The molecule has 120 valence electrons. The van der Waals surface area contributed by atoms with Gasteiger partial charge >= 0.3 is 0 Å². The summed E-state index contributed by atoms with van der Waals surface area (Å²) in [5.41, 5.74) is 1.85. The minimum atomic E-state index is -0.0223. The Bertz CT molecular complexity index is 634. The van der Waals surface area contributed by atoms with E-state index in [-0.39, 0.29) is 12.0 Å². The van der Waals surface area contributed by atoms with Gasteiger partial charge in [0.2, 0.25) is 0 Å². The Balaban J connectivity index is 1.63. The molecule has 0 spiro atoms. The summed E-state index contributed by atoms with van der Waals surface area (Å²) >= 11 is 0. The second kappa shape index (κ2) is 7.29. The van der Waals surface area contributed by atoms with Crippen LogP contribution in [0.5, 0.6) is 5.75 Å². The average Bonchev–Trinajstić information content (AvgIpc) is 2.63. The van der Waals surface area contributed by atoms with Gasteiger partial charge in [0.05, 0.1) is 0 Å². The lowest BCUT2D eigenvalue weighted by Gasteiger charge is -2.27. The zero-order valence-corrected chi connectivity index (χ0v) is 13.4. The van der Waals surface area contributed by atoms with E-state index in [1.807, 2.05) is 66.4 Å². The number of hydrogen-bond acceptors (Lipinski definition) is 3. The van der Waals surface area contributed by atoms with Crippen molar-refractivity contribution in [3.8, 4) is 5.75 Å². The summed E-state index contributed by atoms with van der Waals surface area (Å²) in [6.45, 7) is 5.28. The van der Waals surface area contributed by atoms with Crippen molar-refractivity contribution in [3.05, 3.63) is 65.7 Å². The summed E-state index contributed by atoms with van der Waals surface area (Å²) < 4.78 is 5.95. The Morgan fingerprint density at radius 2 is 1.70 bits per heavy atom. The largest absolute Gasteiger partial charge is 0.486 e. The molecule has 0 aromatic heterocycles. The zero-order chi connectivity index (χ0) is 16.1. The van der Waals surface area contributed by atoms with Gasteiger partial charge in [-0.1, -0.05) is 30.3 Å². The molecule has 0 bridgehead atoms. The minimum absolute atomic E-state index is 0.0223. The lowest BCUT2D eigenvalue weighted by molar-refractivity contribution is 0.0736. The lowest BCUT2D eigenvalue weighted by Crippen LogP contribution is -2.46. The highest BCUT2D eigenvalue weighted by atomic mass is 16.5. The molecule has 0 radical (unpaired) electrons. The van der Waals surface area contributed by atoms with E-state index in [0.29, 0.717) is 5.56 Å². The number of carbonyl (C=O) groups is 1. The molecule has 23 heavy (non-hydrogen) atoms. The number of nitrogens with one attached hydrogen (secondary N) is 1. The van der Waals surface area contributed by atoms with Gasteiger partial charge in [-0.15, -0.1) is 0 Å². The van der Waals surface area contributed by atoms with Crippen LogP contribution >= 0.6 is 0 Å². The maximum absolute atomic E-state index is 12.4. The highest BCUT2D eigenvalue weighted by Crippen LogP contribution is 2.22. The molecular weight excluding hydrogens is 288 g/mol. The molecule has 1 N–H and O–H groups in total. The standard InChI is InChI=1S/C19H22N2O2/c1-15(16-5-3-2-4-6-16)23-18-9-7-17(8-10-18)19(22)21-13-11-20-12-14-21/h2-10,15,20H,11-14H2,1H3. The molecule has 2 aromatic carbocycles. The minimum Gasteiger partial charge on any atom is -0.486 e. The summed E-state index contributed by atoms with van der Waals surface area (Å²) in [6, 6.07) is 17.5. The normalized spacial score (nSPS) is 16.0. The highest BCUT2D eigenvalue weighted by Gasteiger charge is 2.17. The first-order chi connectivity index (χ1) is 11.2. The second-order valence-electron chi connectivity index (χ2n) is 5.74. The molecule has 0 saturated carbocycles. The molecule has 3 rings (SSSR count). The summed E-state index contributed by atoms with van der Waals surface area (Å²) in [5, 5.41) is 3.25. The van der Waals surface area contributed by atoms with E-state index in [2.05, 4.69) is 5.32 Å². The molecule has 1 amide bonds. The van der Waals surface area contributed by atoms with Gasteiger partial charge in [0.25, 0.3) is 5.91 Å². The Morgan fingerprint density at radius 1 is 1.04 bits per heavy atom. The van der Waals surface area contributed by atoms with Crippen molar-refractivity contribution < 1.29 is 9.53 Å². The van der Waals surface area contributed by atoms with Crippen molar-refractivity contribution in [1.82, 2.24) is 10.2 Å². The molecule has 1 fully saturated rings. The van der Waals surface area contributed by atoms with Crippen LogP contribution in [0.25, 0.3) is 0 Å². The molecule has 1 aliphatic rings. The van der Waals surface area contributed by atoms with Crippen LogP contribution < -0.4 is 10.1 Å². The van der Waals surface area contributed by atoms with Crippen LogP contribution in [0.1, 0.15) is 28.9 Å². The number of amides is 1. The number of rotatable bonds is 4. The highest BCUT2D eigenvalue weighted by molar-refractivity contribution is 5.94. The van der Waals surface area contributed by atoms with Crippen molar-refractivity contribution in [2.75, 3.05) is 26.2 Å². The summed E-state index contributed by atoms with van der Waals surface area (Å²) in [5.74, 6) is 0.868. The molecule has 1 heterocycles. The third-order valence-corrected chi connectivity index (χ3v) is 4.09. The fourth-order valence-electron chi connectivity index (χ4n) is 2.72. The van der Waals surface area contributed by atoms with Crippen molar-refractivity contribution in [2.24, 2.45) is 0 Å². The molecule has 4 heteroatoms. The average molecular weight is 310 g/mol. The van der Waals surface area contributed by atoms with Crippen molar-refractivity contribution in [3.63, 3.8) is 0 Å². The number of hydrogen-bond donors (Lipinski definition) is 1. The topological polar surface area (TPSA) is 41.6 Å². The number of nitrogens with zero attached hydrogens (tertiary/aromatic N) is 1. The predicted octanol–water partition coefficient (Wildman–Crippen LogP) is 2.87. The fourth-order valence-corrected chi connectivity index (χ4v) is 2.72. The smallest absolute Gasteiger partial charge is 0.253 e. The van der Waals surface area contributed by atoms with Crippen LogP contribution in [-0.2, 0) is 0 Å². The van der Waals surface area contributed by atoms with Gasteiger partial charge in [0.15, 0.2) is 0 Å². The molecule has 1 aliphatic heterocycles. The Labute approximate surface area is 137 Å². The van der Waals surface area contributed by atoms with E-state index in [1.54, 1.807) is 0 Å². The van der Waals surface area contributed by atoms with Gasteiger partial charge in [0, 0.05) is 31.7 Å². The first kappa shape index (κ1) is 15.6. The number of benzene rings is 2. The quantitative estimate of drug-likeness (QED) is 0.944. The zero-order valence-electron chi connectivity index (χ0n) is 13.4. The number of carbonyl (C=O) groups excluding carboxylic acids is 1. The molecular formula is C19H22N2O2.